The van der Waals surface area contributed by atoms with Gasteiger partial charge in [-0.1, -0.05) is 41.4 Å². The SMILES string of the molecule is COC(=O)c1c(O)cc(O)c(Cl)c1CCc1cc(Cl)ccc1Oc1ccccc1. The van der Waals surface area contributed by atoms with Gasteiger partial charge in [-0.3, -0.25) is 0 Å². The monoisotopic (exact) mass is 432 g/mol. The summed E-state index contributed by atoms with van der Waals surface area (Å²) in [5, 5.41) is 20.6. The molecule has 0 heterocycles. The van der Waals surface area contributed by atoms with Gasteiger partial charge in [0, 0.05) is 11.1 Å². The van der Waals surface area contributed by atoms with Gasteiger partial charge < -0.3 is 19.7 Å². The number of aryl methyl sites for hydroxylation is 1. The summed E-state index contributed by atoms with van der Waals surface area (Å²) in [5.74, 6) is -0.203. The summed E-state index contributed by atoms with van der Waals surface area (Å²) in [7, 11) is 1.20. The fourth-order valence-electron chi connectivity index (χ4n) is 2.97. The van der Waals surface area contributed by atoms with Crippen molar-refractivity contribution in [1.29, 1.82) is 0 Å². The lowest BCUT2D eigenvalue weighted by Gasteiger charge is -2.15. The molecule has 2 N–H and O–H groups in total. The number of ether oxygens (including phenoxy) is 2. The molecule has 0 amide bonds. The molecule has 0 unspecified atom stereocenters. The summed E-state index contributed by atoms with van der Waals surface area (Å²) < 4.78 is 10.7. The Bertz CT molecular complexity index is 1040. The van der Waals surface area contributed by atoms with Gasteiger partial charge in [0.1, 0.15) is 28.6 Å². The van der Waals surface area contributed by atoms with Crippen LogP contribution in [0.1, 0.15) is 21.5 Å². The Morgan fingerprint density at radius 1 is 0.966 bits per heavy atom. The Hall–Kier alpha value is -2.89. The number of phenols is 2. The van der Waals surface area contributed by atoms with E-state index in [0.29, 0.717) is 22.9 Å². The smallest absolute Gasteiger partial charge is 0.341 e. The van der Waals surface area contributed by atoms with Gasteiger partial charge in [0.2, 0.25) is 0 Å². The van der Waals surface area contributed by atoms with Crippen LogP contribution < -0.4 is 4.74 Å². The van der Waals surface area contributed by atoms with Crippen molar-refractivity contribution in [2.75, 3.05) is 7.11 Å². The maximum Gasteiger partial charge on any atom is 0.341 e. The van der Waals surface area contributed by atoms with Gasteiger partial charge in [0.25, 0.3) is 0 Å². The number of hydrogen-bond donors (Lipinski definition) is 2. The topological polar surface area (TPSA) is 76.0 Å². The minimum absolute atomic E-state index is 0.0178. The molecule has 7 heteroatoms. The van der Waals surface area contributed by atoms with E-state index >= 15 is 0 Å². The maximum absolute atomic E-state index is 12.1. The third-order valence-corrected chi connectivity index (χ3v) is 5.01. The van der Waals surface area contributed by atoms with Crippen LogP contribution >= 0.6 is 23.2 Å². The zero-order valence-corrected chi connectivity index (χ0v) is 17.0. The summed E-state index contributed by atoms with van der Waals surface area (Å²) in [5.41, 5.74) is 0.973. The van der Waals surface area contributed by atoms with E-state index in [2.05, 4.69) is 0 Å². The van der Waals surface area contributed by atoms with Crippen molar-refractivity contribution in [3.05, 3.63) is 81.3 Å². The standard InChI is InChI=1S/C22H18Cl2O5/c1-28-22(27)20-16(21(24)18(26)12-17(20)25)9-7-13-11-14(23)8-10-19(13)29-15-5-3-2-4-6-15/h2-6,8,10-12,25-26H,7,9H2,1H3. The molecule has 29 heavy (non-hydrogen) atoms. The molecule has 0 aliphatic heterocycles. The van der Waals surface area contributed by atoms with Gasteiger partial charge in [-0.25, -0.2) is 4.79 Å². The molecule has 0 radical (unpaired) electrons. The molecule has 5 nitrogen and oxygen atoms in total. The Morgan fingerprint density at radius 3 is 2.38 bits per heavy atom. The van der Waals surface area contributed by atoms with Crippen LogP contribution in [-0.4, -0.2) is 23.3 Å². The second-order valence-corrected chi connectivity index (χ2v) is 7.06. The Balaban J connectivity index is 1.94. The summed E-state index contributed by atoms with van der Waals surface area (Å²) in [4.78, 5) is 12.1. The highest BCUT2D eigenvalue weighted by atomic mass is 35.5. The molecule has 3 aromatic rings. The van der Waals surface area contributed by atoms with Gasteiger partial charge in [-0.05, 0) is 54.3 Å². The largest absolute Gasteiger partial charge is 0.507 e. The van der Waals surface area contributed by atoms with Crippen molar-refractivity contribution in [3.63, 3.8) is 0 Å². The van der Waals surface area contributed by atoms with E-state index in [1.54, 1.807) is 18.2 Å². The molecule has 3 rings (SSSR count). The molecule has 0 fully saturated rings. The normalized spacial score (nSPS) is 10.6. The van der Waals surface area contributed by atoms with Crippen LogP contribution in [0.2, 0.25) is 10.0 Å². The number of para-hydroxylation sites is 1. The van der Waals surface area contributed by atoms with Crippen molar-refractivity contribution in [2.24, 2.45) is 0 Å². The van der Waals surface area contributed by atoms with Gasteiger partial charge in [0.05, 0.1) is 12.1 Å². The van der Waals surface area contributed by atoms with E-state index in [1.165, 1.54) is 7.11 Å². The first-order chi connectivity index (χ1) is 13.9. The number of hydrogen-bond acceptors (Lipinski definition) is 5. The van der Waals surface area contributed by atoms with Crippen molar-refractivity contribution in [2.45, 2.75) is 12.8 Å². The number of aromatic hydroxyl groups is 2. The van der Waals surface area contributed by atoms with Crippen LogP contribution in [0, 0.1) is 0 Å². The summed E-state index contributed by atoms with van der Waals surface area (Å²) in [6.45, 7) is 0. The van der Waals surface area contributed by atoms with Gasteiger partial charge >= 0.3 is 5.97 Å². The molecule has 0 aromatic heterocycles. The van der Waals surface area contributed by atoms with Crippen LogP contribution in [-0.2, 0) is 17.6 Å². The van der Waals surface area contributed by atoms with E-state index in [1.807, 2.05) is 30.3 Å². The van der Waals surface area contributed by atoms with Crippen molar-refractivity contribution in [1.82, 2.24) is 0 Å². The third-order valence-electron chi connectivity index (χ3n) is 4.35. The third kappa shape index (κ3) is 4.75. The number of rotatable bonds is 6. The second-order valence-electron chi connectivity index (χ2n) is 6.24. The lowest BCUT2D eigenvalue weighted by molar-refractivity contribution is 0.0596. The molecule has 0 bridgehead atoms. The van der Waals surface area contributed by atoms with E-state index in [9.17, 15) is 15.0 Å². The Morgan fingerprint density at radius 2 is 1.69 bits per heavy atom. The van der Waals surface area contributed by atoms with E-state index in [-0.39, 0.29) is 28.3 Å². The van der Waals surface area contributed by atoms with Crippen LogP contribution in [0.15, 0.2) is 54.6 Å². The average molecular weight is 433 g/mol. The predicted octanol–water partition coefficient (Wildman–Crippen LogP) is 5.77. The Labute approximate surface area is 178 Å². The fraction of sp³-hybridized carbons (Fsp3) is 0.136. The quantitative estimate of drug-likeness (QED) is 0.483. The number of esters is 1. The molecule has 3 aromatic carbocycles. The molecular formula is C22H18Cl2O5. The van der Waals surface area contributed by atoms with E-state index in [4.69, 9.17) is 32.7 Å². The van der Waals surface area contributed by atoms with Gasteiger partial charge in [0.15, 0.2) is 0 Å². The first kappa shape index (κ1) is 20.8. The zero-order valence-electron chi connectivity index (χ0n) is 15.5. The molecule has 0 atom stereocenters. The number of carbonyl (C=O) groups is 1. The number of phenolic OH excluding ortho intramolecular Hbond substituents is 2. The molecule has 0 saturated heterocycles. The molecular weight excluding hydrogens is 415 g/mol. The highest BCUT2D eigenvalue weighted by Crippen LogP contribution is 2.38. The Kier molecular flexibility index (Phi) is 6.52. The van der Waals surface area contributed by atoms with Crippen molar-refractivity contribution in [3.8, 4) is 23.0 Å². The molecule has 0 aliphatic rings. The van der Waals surface area contributed by atoms with Crippen molar-refractivity contribution < 1.29 is 24.5 Å². The second kappa shape index (κ2) is 9.07. The van der Waals surface area contributed by atoms with E-state index < -0.39 is 11.7 Å². The van der Waals surface area contributed by atoms with Crippen LogP contribution in [0.5, 0.6) is 23.0 Å². The summed E-state index contributed by atoms with van der Waals surface area (Å²) in [6.07, 6.45) is 0.617. The number of methoxy groups -OCH3 is 1. The molecule has 0 aliphatic carbocycles. The zero-order chi connectivity index (χ0) is 21.0. The highest BCUT2D eigenvalue weighted by Gasteiger charge is 2.23. The number of halogens is 2. The lowest BCUT2D eigenvalue weighted by atomic mass is 9.98. The summed E-state index contributed by atoms with van der Waals surface area (Å²) >= 11 is 12.4. The molecule has 150 valence electrons. The maximum atomic E-state index is 12.1. The first-order valence-electron chi connectivity index (χ1n) is 8.73. The van der Waals surface area contributed by atoms with Gasteiger partial charge in [-0.15, -0.1) is 0 Å². The predicted molar refractivity (Wildman–Crippen MR) is 111 cm³/mol. The average Bonchev–Trinajstić information content (AvgIpc) is 2.71. The van der Waals surface area contributed by atoms with Crippen LogP contribution in [0.3, 0.4) is 0 Å². The fourth-order valence-corrected chi connectivity index (χ4v) is 3.40. The first-order valence-corrected chi connectivity index (χ1v) is 9.49. The minimum Gasteiger partial charge on any atom is -0.507 e. The summed E-state index contributed by atoms with van der Waals surface area (Å²) in [6, 6.07) is 15.5. The van der Waals surface area contributed by atoms with Gasteiger partial charge in [-0.2, -0.15) is 0 Å². The molecule has 0 saturated carbocycles. The lowest BCUT2D eigenvalue weighted by Crippen LogP contribution is -2.08. The highest BCUT2D eigenvalue weighted by molar-refractivity contribution is 6.33. The van der Waals surface area contributed by atoms with Crippen LogP contribution in [0.4, 0.5) is 0 Å². The number of benzene rings is 3. The van der Waals surface area contributed by atoms with E-state index in [0.717, 1.165) is 11.6 Å². The van der Waals surface area contributed by atoms with Crippen LogP contribution in [0.25, 0.3) is 0 Å². The molecule has 0 spiro atoms. The van der Waals surface area contributed by atoms with Crippen molar-refractivity contribution >= 4 is 29.2 Å². The number of carbonyl (C=O) groups excluding carboxylic acids is 1. The minimum atomic E-state index is -0.744.